The SMILES string of the molecule is CCOc1cc(/C=C2\C(=O)NC(=O)N(C3CCCC3)C2=O)cc(Cl)c1OCc1ccccc1C#N. The maximum Gasteiger partial charge on any atom is 0.331 e. The van der Waals surface area contributed by atoms with Gasteiger partial charge in [0.2, 0.25) is 0 Å². The van der Waals surface area contributed by atoms with E-state index in [9.17, 15) is 19.6 Å². The van der Waals surface area contributed by atoms with Gasteiger partial charge in [-0.1, -0.05) is 42.6 Å². The quantitative estimate of drug-likeness (QED) is 0.446. The van der Waals surface area contributed by atoms with Gasteiger partial charge >= 0.3 is 6.03 Å². The molecule has 1 heterocycles. The van der Waals surface area contributed by atoms with E-state index in [4.69, 9.17) is 21.1 Å². The van der Waals surface area contributed by atoms with Crippen LogP contribution in [0.4, 0.5) is 4.79 Å². The zero-order valence-corrected chi connectivity index (χ0v) is 19.9. The van der Waals surface area contributed by atoms with Crippen LogP contribution in [0, 0.1) is 11.3 Å². The van der Waals surface area contributed by atoms with Gasteiger partial charge in [-0.3, -0.25) is 19.8 Å². The first-order valence-electron chi connectivity index (χ1n) is 11.4. The number of amides is 4. The summed E-state index contributed by atoms with van der Waals surface area (Å²) in [6.45, 7) is 2.23. The number of benzene rings is 2. The number of ether oxygens (including phenoxy) is 2. The maximum absolute atomic E-state index is 13.1. The molecule has 1 saturated heterocycles. The van der Waals surface area contributed by atoms with E-state index < -0.39 is 17.8 Å². The first kappa shape index (κ1) is 24.3. The smallest absolute Gasteiger partial charge is 0.331 e. The molecule has 9 heteroatoms. The van der Waals surface area contributed by atoms with Crippen LogP contribution >= 0.6 is 11.6 Å². The van der Waals surface area contributed by atoms with E-state index in [-0.39, 0.29) is 29.0 Å². The second-order valence-corrected chi connectivity index (χ2v) is 8.66. The van der Waals surface area contributed by atoms with Crippen molar-refractivity contribution in [1.29, 1.82) is 5.26 Å². The zero-order valence-electron chi connectivity index (χ0n) is 19.2. The summed E-state index contributed by atoms with van der Waals surface area (Å²) in [4.78, 5) is 39.1. The van der Waals surface area contributed by atoms with Crippen molar-refractivity contribution in [2.24, 2.45) is 0 Å². The van der Waals surface area contributed by atoms with Crippen LogP contribution in [0.3, 0.4) is 0 Å². The van der Waals surface area contributed by atoms with Gasteiger partial charge in [-0.15, -0.1) is 0 Å². The lowest BCUT2D eigenvalue weighted by atomic mass is 10.0. The van der Waals surface area contributed by atoms with Crippen molar-refractivity contribution in [3.8, 4) is 17.6 Å². The molecule has 4 amide bonds. The Labute approximate surface area is 208 Å². The van der Waals surface area contributed by atoms with Gasteiger partial charge in [0.05, 0.1) is 23.3 Å². The molecule has 0 bridgehead atoms. The summed E-state index contributed by atoms with van der Waals surface area (Å²) in [5, 5.41) is 11.8. The Bertz CT molecular complexity index is 1240. The molecule has 2 aromatic carbocycles. The Kier molecular flexibility index (Phi) is 7.37. The molecule has 0 radical (unpaired) electrons. The van der Waals surface area contributed by atoms with Crippen LogP contribution in [0.2, 0.25) is 5.02 Å². The third-order valence-corrected chi connectivity index (χ3v) is 6.26. The number of urea groups is 1. The highest BCUT2D eigenvalue weighted by molar-refractivity contribution is 6.33. The van der Waals surface area contributed by atoms with Crippen LogP contribution in [0.5, 0.6) is 11.5 Å². The molecule has 35 heavy (non-hydrogen) atoms. The van der Waals surface area contributed by atoms with E-state index >= 15 is 0 Å². The molecule has 1 N–H and O–H groups in total. The van der Waals surface area contributed by atoms with E-state index in [1.165, 1.54) is 6.08 Å². The standard InChI is InChI=1S/C26H24ClN3O5/c1-2-34-22-13-16(12-21(27)23(22)35-15-18-8-4-3-7-17(18)14-28)11-20-24(31)29-26(33)30(25(20)32)19-9-5-6-10-19/h3-4,7-8,11-13,19H,2,5-6,9-10,15H2,1H3,(H,29,31,33)/b20-11+. The van der Waals surface area contributed by atoms with E-state index in [0.29, 0.717) is 29.0 Å². The number of nitrogens with zero attached hydrogens (tertiary/aromatic N) is 2. The van der Waals surface area contributed by atoms with Crippen LogP contribution < -0.4 is 14.8 Å². The fourth-order valence-electron chi connectivity index (χ4n) is 4.31. The highest BCUT2D eigenvalue weighted by atomic mass is 35.5. The molecular weight excluding hydrogens is 470 g/mol. The predicted octanol–water partition coefficient (Wildman–Crippen LogP) is 4.59. The number of halogens is 1. The topological polar surface area (TPSA) is 109 Å². The molecule has 0 atom stereocenters. The van der Waals surface area contributed by atoms with Gasteiger partial charge in [0, 0.05) is 11.6 Å². The Morgan fingerprint density at radius 1 is 1.17 bits per heavy atom. The lowest BCUT2D eigenvalue weighted by molar-refractivity contribution is -0.131. The van der Waals surface area contributed by atoms with Gasteiger partial charge in [0.1, 0.15) is 12.2 Å². The summed E-state index contributed by atoms with van der Waals surface area (Å²) in [6.07, 6.45) is 4.71. The third-order valence-electron chi connectivity index (χ3n) is 5.98. The summed E-state index contributed by atoms with van der Waals surface area (Å²) in [5.74, 6) is -0.760. The Hall–Kier alpha value is -3.83. The number of nitriles is 1. The molecule has 0 unspecified atom stereocenters. The average molecular weight is 494 g/mol. The number of nitrogens with one attached hydrogen (secondary N) is 1. The van der Waals surface area contributed by atoms with Crippen molar-refractivity contribution in [3.05, 3.63) is 63.7 Å². The van der Waals surface area contributed by atoms with Crippen molar-refractivity contribution in [2.45, 2.75) is 45.3 Å². The van der Waals surface area contributed by atoms with Crippen LogP contribution in [0.25, 0.3) is 6.08 Å². The number of hydrogen-bond acceptors (Lipinski definition) is 6. The Morgan fingerprint density at radius 3 is 2.63 bits per heavy atom. The van der Waals surface area contributed by atoms with E-state index in [2.05, 4.69) is 11.4 Å². The van der Waals surface area contributed by atoms with Crippen molar-refractivity contribution in [3.63, 3.8) is 0 Å². The minimum absolute atomic E-state index is 0.101. The molecule has 2 aliphatic rings. The summed E-state index contributed by atoms with van der Waals surface area (Å²) < 4.78 is 11.6. The van der Waals surface area contributed by atoms with Crippen molar-refractivity contribution in [1.82, 2.24) is 10.2 Å². The Balaban J connectivity index is 1.63. The number of carbonyl (C=O) groups excluding carboxylic acids is 3. The second-order valence-electron chi connectivity index (χ2n) is 8.25. The van der Waals surface area contributed by atoms with Gasteiger partial charge in [0.15, 0.2) is 11.5 Å². The molecular formula is C26H24ClN3O5. The highest BCUT2D eigenvalue weighted by Gasteiger charge is 2.40. The monoisotopic (exact) mass is 493 g/mol. The summed E-state index contributed by atoms with van der Waals surface area (Å²) >= 11 is 6.51. The normalized spacial score (nSPS) is 17.5. The number of hydrogen-bond donors (Lipinski definition) is 1. The molecule has 4 rings (SSSR count). The van der Waals surface area contributed by atoms with Crippen LogP contribution in [0.1, 0.15) is 49.3 Å². The molecule has 8 nitrogen and oxygen atoms in total. The van der Waals surface area contributed by atoms with E-state index in [1.54, 1.807) is 37.3 Å². The number of carbonyl (C=O) groups is 3. The van der Waals surface area contributed by atoms with Crippen molar-refractivity contribution in [2.75, 3.05) is 6.61 Å². The molecule has 2 fully saturated rings. The summed E-state index contributed by atoms with van der Waals surface area (Å²) in [5.41, 5.74) is 1.49. The second kappa shape index (κ2) is 10.6. The minimum atomic E-state index is -0.753. The van der Waals surface area contributed by atoms with Gasteiger partial charge in [0.25, 0.3) is 11.8 Å². The van der Waals surface area contributed by atoms with Crippen molar-refractivity contribution >= 4 is 35.5 Å². The molecule has 1 saturated carbocycles. The lowest BCUT2D eigenvalue weighted by Crippen LogP contribution is -2.57. The molecule has 1 aliphatic carbocycles. The highest BCUT2D eigenvalue weighted by Crippen LogP contribution is 2.38. The summed E-state index contributed by atoms with van der Waals surface area (Å²) in [6, 6.07) is 11.5. The third kappa shape index (κ3) is 5.15. The van der Waals surface area contributed by atoms with Crippen LogP contribution in [0.15, 0.2) is 42.0 Å². The zero-order chi connectivity index (χ0) is 24.9. The number of rotatable bonds is 7. The first-order chi connectivity index (χ1) is 16.9. The average Bonchev–Trinajstić information content (AvgIpc) is 3.36. The van der Waals surface area contributed by atoms with E-state index in [0.717, 1.165) is 30.6 Å². The molecule has 0 spiro atoms. The van der Waals surface area contributed by atoms with E-state index in [1.807, 2.05) is 6.07 Å². The number of barbiturate groups is 1. The van der Waals surface area contributed by atoms with Gasteiger partial charge in [-0.25, -0.2) is 4.79 Å². The van der Waals surface area contributed by atoms with Crippen LogP contribution in [-0.4, -0.2) is 35.4 Å². The van der Waals surface area contributed by atoms with Crippen LogP contribution in [-0.2, 0) is 16.2 Å². The maximum atomic E-state index is 13.1. The van der Waals surface area contributed by atoms with Gasteiger partial charge in [-0.2, -0.15) is 5.26 Å². The fourth-order valence-corrected chi connectivity index (χ4v) is 4.58. The molecule has 1 aliphatic heterocycles. The van der Waals surface area contributed by atoms with Gasteiger partial charge < -0.3 is 9.47 Å². The number of imide groups is 2. The fraction of sp³-hybridized carbons (Fsp3) is 0.308. The van der Waals surface area contributed by atoms with Crippen molar-refractivity contribution < 1.29 is 23.9 Å². The molecule has 180 valence electrons. The predicted molar refractivity (Wildman–Crippen MR) is 129 cm³/mol. The first-order valence-corrected chi connectivity index (χ1v) is 11.8. The summed E-state index contributed by atoms with van der Waals surface area (Å²) in [7, 11) is 0. The van der Waals surface area contributed by atoms with Gasteiger partial charge in [-0.05, 0) is 49.6 Å². The molecule has 2 aromatic rings. The Morgan fingerprint density at radius 2 is 1.91 bits per heavy atom. The largest absolute Gasteiger partial charge is 0.490 e. The minimum Gasteiger partial charge on any atom is -0.490 e. The lowest BCUT2D eigenvalue weighted by Gasteiger charge is -2.31. The molecule has 0 aromatic heterocycles.